The van der Waals surface area contributed by atoms with Gasteiger partial charge in [-0.2, -0.15) is 0 Å². The fraction of sp³-hybridized carbons (Fsp3) is 0.316. The average molecular weight is 447 g/mol. The van der Waals surface area contributed by atoms with Gasteiger partial charge in [-0.05, 0) is 37.3 Å². The molecular formula is C19H18N4O5S2. The first-order chi connectivity index (χ1) is 14.5. The third-order valence-electron chi connectivity index (χ3n) is 4.81. The van der Waals surface area contributed by atoms with E-state index < -0.39 is 10.8 Å². The Hall–Kier alpha value is -2.92. The molecule has 0 saturated heterocycles. The number of aromatic amines is 1. The number of thiophene rings is 1. The SMILES string of the molecule is COc1ccc([N+](=O)[O-])cc1NC(=O)CSc1nc2sc3c(c2c(=O)[nH]1)CCCC3. The van der Waals surface area contributed by atoms with Crippen molar-refractivity contribution in [2.75, 3.05) is 18.2 Å². The van der Waals surface area contributed by atoms with Crippen LogP contribution in [0.15, 0.2) is 28.2 Å². The Labute approximate surface area is 179 Å². The number of hydrogen-bond donors (Lipinski definition) is 2. The first-order valence-corrected chi connectivity index (χ1v) is 11.1. The number of ether oxygens (including phenoxy) is 1. The molecule has 4 rings (SSSR count). The largest absolute Gasteiger partial charge is 0.495 e. The van der Waals surface area contributed by atoms with Crippen LogP contribution in [0.25, 0.3) is 10.2 Å². The van der Waals surface area contributed by atoms with Crippen LogP contribution in [-0.2, 0) is 17.6 Å². The number of nitrogens with zero attached hydrogens (tertiary/aromatic N) is 2. The lowest BCUT2D eigenvalue weighted by molar-refractivity contribution is -0.384. The Bertz CT molecular complexity index is 1200. The van der Waals surface area contributed by atoms with Gasteiger partial charge in [0.1, 0.15) is 10.6 Å². The van der Waals surface area contributed by atoms with E-state index in [2.05, 4.69) is 15.3 Å². The number of nitrogens with one attached hydrogen (secondary N) is 2. The molecule has 1 aliphatic carbocycles. The number of hydrogen-bond acceptors (Lipinski definition) is 8. The van der Waals surface area contributed by atoms with Gasteiger partial charge in [0, 0.05) is 17.0 Å². The normalized spacial score (nSPS) is 13.1. The van der Waals surface area contributed by atoms with Gasteiger partial charge in [-0.15, -0.1) is 11.3 Å². The summed E-state index contributed by atoms with van der Waals surface area (Å²) in [5, 5.41) is 14.6. The third-order valence-corrected chi connectivity index (χ3v) is 6.87. The second-order valence-corrected chi connectivity index (χ2v) is 8.79. The highest BCUT2D eigenvalue weighted by Crippen LogP contribution is 2.34. The summed E-state index contributed by atoms with van der Waals surface area (Å²) in [5.41, 5.74) is 0.988. The maximum absolute atomic E-state index is 12.6. The summed E-state index contributed by atoms with van der Waals surface area (Å²) in [6.45, 7) is 0. The molecule has 0 fully saturated rings. The van der Waals surface area contributed by atoms with Crippen LogP contribution in [0.3, 0.4) is 0 Å². The molecule has 0 atom stereocenters. The van der Waals surface area contributed by atoms with Crippen molar-refractivity contribution in [2.24, 2.45) is 0 Å². The molecule has 30 heavy (non-hydrogen) atoms. The highest BCUT2D eigenvalue weighted by atomic mass is 32.2. The lowest BCUT2D eigenvalue weighted by atomic mass is 9.97. The number of methoxy groups -OCH3 is 1. The Balaban J connectivity index is 1.49. The molecule has 2 N–H and O–H groups in total. The Morgan fingerprint density at radius 2 is 2.20 bits per heavy atom. The van der Waals surface area contributed by atoms with Crippen molar-refractivity contribution in [1.82, 2.24) is 9.97 Å². The number of thioether (sulfide) groups is 1. The molecule has 1 amide bonds. The second kappa shape index (κ2) is 8.44. The lowest BCUT2D eigenvalue weighted by Crippen LogP contribution is -2.16. The molecule has 11 heteroatoms. The van der Waals surface area contributed by atoms with Gasteiger partial charge in [0.2, 0.25) is 5.91 Å². The molecule has 3 aromatic rings. The first-order valence-electron chi connectivity index (χ1n) is 9.26. The van der Waals surface area contributed by atoms with E-state index in [1.54, 1.807) is 11.3 Å². The minimum Gasteiger partial charge on any atom is -0.495 e. The molecule has 0 saturated carbocycles. The van der Waals surface area contributed by atoms with Gasteiger partial charge < -0.3 is 15.0 Å². The van der Waals surface area contributed by atoms with E-state index in [9.17, 15) is 19.7 Å². The van der Waals surface area contributed by atoms with Crippen LogP contribution in [0.4, 0.5) is 11.4 Å². The Morgan fingerprint density at radius 1 is 1.40 bits per heavy atom. The summed E-state index contributed by atoms with van der Waals surface area (Å²) in [6.07, 6.45) is 4.09. The maximum Gasteiger partial charge on any atom is 0.271 e. The molecule has 1 aromatic carbocycles. The maximum atomic E-state index is 12.6. The third kappa shape index (κ3) is 4.03. The summed E-state index contributed by atoms with van der Waals surface area (Å²) in [7, 11) is 1.41. The number of anilines is 1. The Morgan fingerprint density at radius 3 is 2.97 bits per heavy atom. The molecule has 0 unspecified atom stereocenters. The molecule has 1 aliphatic rings. The number of amides is 1. The van der Waals surface area contributed by atoms with Gasteiger partial charge in [-0.1, -0.05) is 11.8 Å². The van der Waals surface area contributed by atoms with Crippen molar-refractivity contribution in [2.45, 2.75) is 30.8 Å². The van der Waals surface area contributed by atoms with Gasteiger partial charge in [0.05, 0.1) is 28.9 Å². The molecule has 0 bridgehead atoms. The molecule has 156 valence electrons. The minimum atomic E-state index is -0.547. The van der Waals surface area contributed by atoms with Crippen molar-refractivity contribution in [3.8, 4) is 5.75 Å². The fourth-order valence-electron chi connectivity index (χ4n) is 3.44. The van der Waals surface area contributed by atoms with Crippen LogP contribution in [0.5, 0.6) is 5.75 Å². The smallest absolute Gasteiger partial charge is 0.271 e. The van der Waals surface area contributed by atoms with E-state index in [0.717, 1.165) is 43.0 Å². The van der Waals surface area contributed by atoms with Crippen molar-refractivity contribution in [3.63, 3.8) is 0 Å². The lowest BCUT2D eigenvalue weighted by Gasteiger charge is -2.10. The quantitative estimate of drug-likeness (QED) is 0.257. The molecule has 0 aliphatic heterocycles. The van der Waals surface area contributed by atoms with E-state index in [0.29, 0.717) is 21.1 Å². The van der Waals surface area contributed by atoms with Crippen LogP contribution < -0.4 is 15.6 Å². The van der Waals surface area contributed by atoms with Gasteiger partial charge in [-0.3, -0.25) is 19.7 Å². The monoisotopic (exact) mass is 446 g/mol. The fourth-order valence-corrected chi connectivity index (χ4v) is 5.42. The number of carbonyl (C=O) groups is 1. The summed E-state index contributed by atoms with van der Waals surface area (Å²) in [6, 6.07) is 3.96. The number of fused-ring (bicyclic) bond motifs is 3. The molecule has 0 spiro atoms. The van der Waals surface area contributed by atoms with Gasteiger partial charge in [0.15, 0.2) is 5.16 Å². The van der Waals surface area contributed by atoms with Crippen molar-refractivity contribution in [3.05, 3.63) is 49.1 Å². The predicted molar refractivity (Wildman–Crippen MR) is 116 cm³/mol. The zero-order valence-electron chi connectivity index (χ0n) is 16.0. The van der Waals surface area contributed by atoms with Crippen LogP contribution >= 0.6 is 23.1 Å². The number of nitro benzene ring substituents is 1. The van der Waals surface area contributed by atoms with E-state index >= 15 is 0 Å². The van der Waals surface area contributed by atoms with Crippen LogP contribution in [0.2, 0.25) is 0 Å². The number of benzene rings is 1. The number of rotatable bonds is 6. The second-order valence-electron chi connectivity index (χ2n) is 6.74. The number of carbonyl (C=O) groups excluding carboxylic acids is 1. The van der Waals surface area contributed by atoms with E-state index in [4.69, 9.17) is 4.74 Å². The first kappa shape index (κ1) is 20.4. The van der Waals surface area contributed by atoms with Gasteiger partial charge in [-0.25, -0.2) is 4.98 Å². The predicted octanol–water partition coefficient (Wildman–Crippen LogP) is 3.51. The van der Waals surface area contributed by atoms with Crippen LogP contribution in [0.1, 0.15) is 23.3 Å². The van der Waals surface area contributed by atoms with Crippen molar-refractivity contribution in [1.29, 1.82) is 0 Å². The van der Waals surface area contributed by atoms with Crippen molar-refractivity contribution < 1.29 is 14.5 Å². The molecule has 9 nitrogen and oxygen atoms in total. The average Bonchev–Trinajstić information content (AvgIpc) is 3.11. The van der Waals surface area contributed by atoms with Gasteiger partial charge >= 0.3 is 0 Å². The van der Waals surface area contributed by atoms with E-state index in [-0.39, 0.29) is 22.7 Å². The standard InChI is InChI=1S/C19H18N4O5S2/c1-28-13-7-6-10(23(26)27)8-12(13)20-15(24)9-29-19-21-17(25)16-11-4-2-3-5-14(11)30-18(16)22-19/h6-8H,2-5,9H2,1H3,(H,20,24)(H,21,22,25). The van der Waals surface area contributed by atoms with E-state index in [1.165, 1.54) is 30.2 Å². The van der Waals surface area contributed by atoms with Crippen LogP contribution in [0, 0.1) is 10.1 Å². The van der Waals surface area contributed by atoms with Crippen molar-refractivity contribution >= 4 is 50.6 Å². The number of non-ortho nitro benzene ring substituents is 1. The molecule has 0 radical (unpaired) electrons. The zero-order valence-corrected chi connectivity index (χ0v) is 17.7. The highest BCUT2D eigenvalue weighted by molar-refractivity contribution is 7.99. The van der Waals surface area contributed by atoms with Gasteiger partial charge in [0.25, 0.3) is 11.2 Å². The minimum absolute atomic E-state index is 0.0224. The number of nitro groups is 1. The Kier molecular flexibility index (Phi) is 5.73. The topological polar surface area (TPSA) is 127 Å². The van der Waals surface area contributed by atoms with Crippen LogP contribution in [-0.4, -0.2) is 33.7 Å². The molecule has 2 aromatic heterocycles. The summed E-state index contributed by atoms with van der Waals surface area (Å²) >= 11 is 2.65. The molecular weight excluding hydrogens is 428 g/mol. The summed E-state index contributed by atoms with van der Waals surface area (Å²) in [5.74, 6) is -0.103. The summed E-state index contributed by atoms with van der Waals surface area (Å²) < 4.78 is 5.14. The summed E-state index contributed by atoms with van der Waals surface area (Å²) in [4.78, 5) is 44.6. The number of aromatic nitrogens is 2. The number of H-pyrrole nitrogens is 1. The molecule has 2 heterocycles. The number of aryl methyl sites for hydroxylation is 2. The zero-order chi connectivity index (χ0) is 21.3. The highest BCUT2D eigenvalue weighted by Gasteiger charge is 2.20. The van der Waals surface area contributed by atoms with E-state index in [1.807, 2.05) is 0 Å².